The molecule has 62 valence electrons. The first-order chi connectivity index (χ1) is 4.00. The van der Waals surface area contributed by atoms with E-state index in [2.05, 4.69) is 113 Å². The Morgan fingerprint density at radius 3 is 0.444 bits per heavy atom. The molecule has 0 radical (unpaired) electrons. The second-order valence-corrected chi connectivity index (χ2v) is 0. The molecule has 0 saturated heterocycles. The zero-order valence-corrected chi connectivity index (χ0v) is 21.1. The Balaban J connectivity index is -0.00000000762. The van der Waals surface area contributed by atoms with Crippen molar-refractivity contribution in [1.29, 1.82) is 0 Å². The van der Waals surface area contributed by atoms with Crippen LogP contribution in [-0.4, -0.2) is 113 Å². The van der Waals surface area contributed by atoms with Crippen molar-refractivity contribution in [2.45, 2.75) is 0 Å². The number of hydrogen-bond acceptors (Lipinski definition) is 0. The third-order valence-corrected chi connectivity index (χ3v) is 0. The fraction of sp³-hybridized carbons (Fsp3) is 0. The molecule has 0 bridgehead atoms. The van der Waals surface area contributed by atoms with Crippen molar-refractivity contribution in [1.82, 2.24) is 0 Å². The second-order valence-electron chi connectivity index (χ2n) is 0. The van der Waals surface area contributed by atoms with Crippen LogP contribution in [0.15, 0.2) is 0 Å². The van der Waals surface area contributed by atoms with Gasteiger partial charge in [-0.25, -0.2) is 0 Å². The van der Waals surface area contributed by atoms with Crippen LogP contribution in [0.1, 0.15) is 0 Å². The Morgan fingerprint density at radius 2 is 0.444 bits per heavy atom. The molecule has 0 nitrogen and oxygen atoms in total. The average Bonchev–Trinajstić information content (AvgIpc) is 2.03. The first-order valence-electron chi connectivity index (χ1n) is 0.730. The molecule has 0 atom stereocenters. The van der Waals surface area contributed by atoms with Crippen LogP contribution in [0.2, 0.25) is 0 Å². The minimum atomic E-state index is 0. The van der Waals surface area contributed by atoms with Crippen molar-refractivity contribution in [3.05, 3.63) is 0 Å². The van der Waals surface area contributed by atoms with Crippen molar-refractivity contribution in [2.24, 2.45) is 0 Å². The first-order valence-corrected chi connectivity index (χ1v) is 19.7. The zero-order valence-electron chi connectivity index (χ0n) is 3.83. The summed E-state index contributed by atoms with van der Waals surface area (Å²) in [5.41, 5.74) is 0. The van der Waals surface area contributed by atoms with Gasteiger partial charge in [0.2, 0.25) is 0 Å². The molecule has 0 spiro atoms. The average molecular weight is 820 g/mol. The van der Waals surface area contributed by atoms with Gasteiger partial charge in [0.25, 0.3) is 0 Å². The van der Waals surface area contributed by atoms with Gasteiger partial charge in [0.15, 0.2) is 0 Å². The van der Waals surface area contributed by atoms with Crippen LogP contribution in [0, 0.1) is 0 Å². The molecule has 0 saturated carbocycles. The van der Waals surface area contributed by atoms with Gasteiger partial charge in [-0.15, -0.1) is 0 Å². The SMILES string of the molecule is [Se-][SeH].[Se-][SeH].[Se-][SeH].[Se-][SeH].[W]. The van der Waals surface area contributed by atoms with Gasteiger partial charge >= 0.3 is 113 Å². The standard InChI is InChI=1S/4H2Se2.W/c4*1-2;/h4*1-2H;/p-4. The molecule has 0 unspecified atom stereocenters. The summed E-state index contributed by atoms with van der Waals surface area (Å²) in [5, 5.41) is 0. The van der Waals surface area contributed by atoms with E-state index in [-0.39, 0.29) is 21.1 Å². The number of rotatable bonds is 0. The van der Waals surface area contributed by atoms with E-state index in [4.69, 9.17) is 0 Å². The third kappa shape index (κ3) is 64.4. The summed E-state index contributed by atoms with van der Waals surface area (Å²) in [6, 6.07) is 0. The molecule has 0 N–H and O–H groups in total. The Labute approximate surface area is 131 Å². The Morgan fingerprint density at radius 1 is 0.444 bits per heavy atom. The van der Waals surface area contributed by atoms with Crippen molar-refractivity contribution in [2.75, 3.05) is 0 Å². The molecule has 0 aromatic carbocycles. The van der Waals surface area contributed by atoms with Crippen LogP contribution in [0.4, 0.5) is 0 Å². The van der Waals surface area contributed by atoms with Gasteiger partial charge in [-0.05, 0) is 0 Å². The van der Waals surface area contributed by atoms with E-state index >= 15 is 0 Å². The summed E-state index contributed by atoms with van der Waals surface area (Å²) >= 11 is 19.0. The second kappa shape index (κ2) is 76.8. The van der Waals surface area contributed by atoms with E-state index in [0.29, 0.717) is 0 Å². The summed E-state index contributed by atoms with van der Waals surface area (Å²) in [6.07, 6.45) is 0. The predicted molar refractivity (Wildman–Crippen MR) is 51.6 cm³/mol. The van der Waals surface area contributed by atoms with Crippen molar-refractivity contribution in [3.63, 3.8) is 0 Å². The van der Waals surface area contributed by atoms with Gasteiger partial charge in [0.05, 0.1) is 0 Å². The topological polar surface area (TPSA) is 0 Å². The molecule has 9 heavy (non-hydrogen) atoms. The van der Waals surface area contributed by atoms with Gasteiger partial charge < -0.3 is 0 Å². The van der Waals surface area contributed by atoms with Crippen LogP contribution in [0.25, 0.3) is 0 Å². The third-order valence-electron chi connectivity index (χ3n) is 0. The van der Waals surface area contributed by atoms with Gasteiger partial charge in [-0.2, -0.15) is 0 Å². The van der Waals surface area contributed by atoms with E-state index in [0.717, 1.165) is 0 Å². The molecule has 0 aliphatic carbocycles. The van der Waals surface area contributed by atoms with Gasteiger partial charge in [0, 0.05) is 21.1 Å². The van der Waals surface area contributed by atoms with Crippen LogP contribution in [-0.2, 0) is 21.1 Å². The predicted octanol–water partition coefficient (Wildman–Crippen LogP) is -4.12. The minimum absolute atomic E-state index is 0. The monoisotopic (exact) mass is 827 g/mol. The van der Waals surface area contributed by atoms with Crippen molar-refractivity contribution < 1.29 is 21.1 Å². The summed E-state index contributed by atoms with van der Waals surface area (Å²) in [4.78, 5) is 0. The Hall–Kier alpha value is 4.84. The maximum atomic E-state index is 2.56. The normalized spacial score (nSPS) is 2.67. The van der Waals surface area contributed by atoms with E-state index in [9.17, 15) is 0 Å². The van der Waals surface area contributed by atoms with Gasteiger partial charge in [-0.3, -0.25) is 0 Å². The van der Waals surface area contributed by atoms with E-state index in [1.54, 1.807) is 0 Å². The summed E-state index contributed by atoms with van der Waals surface area (Å²) < 4.78 is 0. The molecule has 0 amide bonds. The van der Waals surface area contributed by atoms with Crippen LogP contribution in [0.5, 0.6) is 0 Å². The fourth-order valence-electron chi connectivity index (χ4n) is 0. The molecule has 0 aromatic rings. The quantitative estimate of drug-likeness (QED) is 0.219. The fourth-order valence-corrected chi connectivity index (χ4v) is 0. The molecule has 0 rings (SSSR count). The smallest absolute Gasteiger partial charge is 0 e. The van der Waals surface area contributed by atoms with E-state index in [1.165, 1.54) is 0 Å². The van der Waals surface area contributed by atoms with Crippen LogP contribution < -0.4 is 0 Å². The maximum Gasteiger partial charge on any atom is 0 e. The molecule has 0 heterocycles. The minimum Gasteiger partial charge on any atom is 0 e. The zero-order chi connectivity index (χ0) is 8.00. The molecule has 9 heteroatoms. The Bertz CT molecular complexity index is 4.53. The van der Waals surface area contributed by atoms with E-state index in [1.807, 2.05) is 0 Å². The molecule has 0 aromatic heterocycles. The van der Waals surface area contributed by atoms with Crippen LogP contribution >= 0.6 is 0 Å². The van der Waals surface area contributed by atoms with Crippen molar-refractivity contribution >= 4 is 113 Å². The number of hydrogen-bond donors (Lipinski definition) is 0. The largest absolute Gasteiger partial charge is 0 e. The Kier molecular flexibility index (Phi) is 249. The van der Waals surface area contributed by atoms with Gasteiger partial charge in [-0.1, -0.05) is 0 Å². The molecular weight excluding hydrogens is 816 g/mol. The molecule has 0 fully saturated rings. The first kappa shape index (κ1) is 29.2. The van der Waals surface area contributed by atoms with E-state index < -0.39 is 0 Å². The summed E-state index contributed by atoms with van der Waals surface area (Å²) in [5.74, 6) is 0. The van der Waals surface area contributed by atoms with Crippen molar-refractivity contribution in [3.8, 4) is 0 Å². The van der Waals surface area contributed by atoms with Crippen LogP contribution in [0.3, 0.4) is 0 Å². The molecule has 0 aliphatic rings. The summed E-state index contributed by atoms with van der Waals surface area (Å²) in [7, 11) is 0. The molecular formula is H4Se8W-4. The maximum absolute atomic E-state index is 2.56. The summed E-state index contributed by atoms with van der Waals surface area (Å²) in [6.45, 7) is 0. The van der Waals surface area contributed by atoms with Gasteiger partial charge in [0.1, 0.15) is 0 Å². The molecule has 0 aliphatic heterocycles.